The molecule has 0 aliphatic carbocycles. The molecule has 1 fully saturated rings. The lowest BCUT2D eigenvalue weighted by atomic mass is 9.95. The normalized spacial score (nSPS) is 17.0. The number of benzene rings is 3. The summed E-state index contributed by atoms with van der Waals surface area (Å²) < 4.78 is 11.7. The van der Waals surface area contributed by atoms with Crippen molar-refractivity contribution in [2.45, 2.75) is 26.0 Å². The van der Waals surface area contributed by atoms with Crippen LogP contribution >= 0.6 is 0 Å². The van der Waals surface area contributed by atoms with Gasteiger partial charge in [-0.25, -0.2) is 0 Å². The van der Waals surface area contributed by atoms with Crippen LogP contribution < -0.4 is 9.47 Å². The fourth-order valence-electron chi connectivity index (χ4n) is 4.26. The van der Waals surface area contributed by atoms with Gasteiger partial charge in [0.25, 0.3) is 11.7 Å². The topological polar surface area (TPSA) is 79.3 Å². The van der Waals surface area contributed by atoms with Gasteiger partial charge in [-0.2, -0.15) is 0 Å². The molecule has 192 valence electrons. The van der Waals surface area contributed by atoms with Crippen LogP contribution in [0.15, 0.2) is 84.4 Å². The van der Waals surface area contributed by atoms with Crippen molar-refractivity contribution in [3.05, 3.63) is 95.6 Å². The van der Waals surface area contributed by atoms with Gasteiger partial charge in [-0.1, -0.05) is 30.3 Å². The van der Waals surface area contributed by atoms with Crippen molar-refractivity contribution in [2.75, 3.05) is 27.2 Å². The van der Waals surface area contributed by atoms with Crippen molar-refractivity contribution >= 4 is 17.4 Å². The Labute approximate surface area is 217 Å². The van der Waals surface area contributed by atoms with Gasteiger partial charge in [-0.3, -0.25) is 9.59 Å². The third-order valence-corrected chi connectivity index (χ3v) is 5.98. The van der Waals surface area contributed by atoms with Crippen molar-refractivity contribution in [2.24, 2.45) is 0 Å². The summed E-state index contributed by atoms with van der Waals surface area (Å²) >= 11 is 0. The molecule has 0 bridgehead atoms. The second-order valence-electron chi connectivity index (χ2n) is 9.47. The van der Waals surface area contributed by atoms with Gasteiger partial charge in [-0.15, -0.1) is 0 Å². The average molecular weight is 501 g/mol. The molecule has 3 aromatic rings. The maximum Gasteiger partial charge on any atom is 0.295 e. The molecule has 1 aliphatic heterocycles. The lowest BCUT2D eigenvalue weighted by molar-refractivity contribution is -0.140. The maximum absolute atomic E-state index is 13.3. The fraction of sp³-hybridized carbons (Fsp3) is 0.267. The van der Waals surface area contributed by atoms with E-state index in [1.54, 1.807) is 30.3 Å². The van der Waals surface area contributed by atoms with Crippen LogP contribution in [0.25, 0.3) is 5.76 Å². The van der Waals surface area contributed by atoms with E-state index in [0.717, 1.165) is 0 Å². The number of carbonyl (C=O) groups excluding carboxylic acids is 2. The van der Waals surface area contributed by atoms with E-state index in [9.17, 15) is 14.7 Å². The molecule has 3 aromatic carbocycles. The summed E-state index contributed by atoms with van der Waals surface area (Å²) in [6.07, 6.45) is 0.00634. The number of aliphatic hydroxyl groups excluding tert-OH is 1. The number of amides is 1. The molecule has 7 nitrogen and oxygen atoms in total. The number of Topliss-reactive ketones (excluding diaryl/α,β-unsaturated/α-hetero) is 1. The minimum Gasteiger partial charge on any atom is -0.507 e. The molecular weight excluding hydrogens is 468 g/mol. The highest BCUT2D eigenvalue weighted by molar-refractivity contribution is 6.46. The van der Waals surface area contributed by atoms with Crippen LogP contribution in [0.2, 0.25) is 0 Å². The van der Waals surface area contributed by atoms with Gasteiger partial charge in [0.2, 0.25) is 0 Å². The molecule has 7 heteroatoms. The number of hydrogen-bond acceptors (Lipinski definition) is 6. The smallest absolute Gasteiger partial charge is 0.295 e. The molecule has 1 heterocycles. The number of ether oxygens (including phenoxy) is 2. The number of ketones is 1. The quantitative estimate of drug-likeness (QED) is 0.246. The van der Waals surface area contributed by atoms with E-state index in [1.165, 1.54) is 4.90 Å². The van der Waals surface area contributed by atoms with Crippen molar-refractivity contribution in [3.63, 3.8) is 0 Å². The van der Waals surface area contributed by atoms with Crippen LogP contribution in [-0.4, -0.2) is 59.9 Å². The van der Waals surface area contributed by atoms with E-state index in [0.29, 0.717) is 41.5 Å². The summed E-state index contributed by atoms with van der Waals surface area (Å²) in [5.74, 6) is 0.323. The minimum absolute atomic E-state index is 0.00634. The second kappa shape index (κ2) is 11.3. The molecule has 0 saturated carbocycles. The lowest BCUT2D eigenvalue weighted by Crippen LogP contribution is -2.35. The van der Waals surface area contributed by atoms with Crippen LogP contribution in [0, 0.1) is 0 Å². The first-order valence-corrected chi connectivity index (χ1v) is 12.3. The fourth-order valence-corrected chi connectivity index (χ4v) is 4.26. The van der Waals surface area contributed by atoms with E-state index < -0.39 is 17.7 Å². The van der Waals surface area contributed by atoms with Gasteiger partial charge >= 0.3 is 0 Å². The predicted molar refractivity (Wildman–Crippen MR) is 143 cm³/mol. The van der Waals surface area contributed by atoms with Crippen LogP contribution in [0.4, 0.5) is 0 Å². The highest BCUT2D eigenvalue weighted by Gasteiger charge is 2.46. The zero-order valence-electron chi connectivity index (χ0n) is 21.5. The molecule has 0 aromatic heterocycles. The maximum atomic E-state index is 13.3. The largest absolute Gasteiger partial charge is 0.507 e. The number of likely N-dealkylation sites (N-methyl/N-ethyl adjacent to an activating group) is 1. The van der Waals surface area contributed by atoms with Crippen LogP contribution in [-0.2, 0) is 9.59 Å². The third kappa shape index (κ3) is 6.01. The first-order chi connectivity index (χ1) is 17.7. The predicted octanol–water partition coefficient (Wildman–Crippen LogP) is 5.25. The molecule has 4 rings (SSSR count). The Morgan fingerprint density at radius 1 is 0.919 bits per heavy atom. The van der Waals surface area contributed by atoms with E-state index >= 15 is 0 Å². The van der Waals surface area contributed by atoms with Crippen molar-refractivity contribution < 1.29 is 24.2 Å². The van der Waals surface area contributed by atoms with E-state index in [2.05, 4.69) is 0 Å². The standard InChI is InChI=1S/C30H32N2O5/c1-20(2)36-24-15-13-21(14-16-24)28(33)26-27(32(18-17-31(3)4)30(35)29(26)34)22-9-8-12-25(19-22)37-23-10-6-5-7-11-23/h5-16,19-20,27,33H,17-18H2,1-4H3/t27-/m0/s1. The number of nitrogens with zero attached hydrogens (tertiary/aromatic N) is 2. The number of para-hydroxylation sites is 1. The number of likely N-dealkylation sites (tertiary alicyclic amines) is 1. The summed E-state index contributed by atoms with van der Waals surface area (Å²) in [6, 6.07) is 22.7. The Morgan fingerprint density at radius 3 is 2.24 bits per heavy atom. The molecule has 1 aliphatic rings. The van der Waals surface area contributed by atoms with Gasteiger partial charge in [0, 0.05) is 18.7 Å². The highest BCUT2D eigenvalue weighted by atomic mass is 16.5. The van der Waals surface area contributed by atoms with Gasteiger partial charge in [-0.05, 0) is 82.0 Å². The molecule has 1 saturated heterocycles. The molecular formula is C30H32N2O5. The summed E-state index contributed by atoms with van der Waals surface area (Å²) in [5.41, 5.74) is 1.16. The van der Waals surface area contributed by atoms with Gasteiger partial charge in [0.1, 0.15) is 23.0 Å². The highest BCUT2D eigenvalue weighted by Crippen LogP contribution is 2.40. The molecule has 0 unspecified atom stereocenters. The first kappa shape index (κ1) is 26.0. The Morgan fingerprint density at radius 2 is 1.59 bits per heavy atom. The van der Waals surface area contributed by atoms with E-state index in [4.69, 9.17) is 9.47 Å². The molecule has 1 atom stereocenters. The monoisotopic (exact) mass is 500 g/mol. The number of hydrogen-bond donors (Lipinski definition) is 1. The van der Waals surface area contributed by atoms with Gasteiger partial charge < -0.3 is 24.4 Å². The van der Waals surface area contributed by atoms with Crippen molar-refractivity contribution in [1.82, 2.24) is 9.80 Å². The Hall–Kier alpha value is -4.10. The Balaban J connectivity index is 1.76. The molecule has 1 amide bonds. The SMILES string of the molecule is CC(C)Oc1ccc(C(O)=C2C(=O)C(=O)N(CCN(C)C)[C@H]2c2cccc(Oc3ccccc3)c2)cc1. The summed E-state index contributed by atoms with van der Waals surface area (Å²) in [4.78, 5) is 29.9. The summed E-state index contributed by atoms with van der Waals surface area (Å²) in [7, 11) is 3.81. The number of aliphatic hydroxyl groups is 1. The average Bonchev–Trinajstić information content (AvgIpc) is 3.13. The van der Waals surface area contributed by atoms with Crippen LogP contribution in [0.1, 0.15) is 31.0 Å². The molecule has 0 spiro atoms. The van der Waals surface area contributed by atoms with Gasteiger partial charge in [0.05, 0.1) is 17.7 Å². The van der Waals surface area contributed by atoms with Crippen LogP contribution in [0.5, 0.6) is 17.2 Å². The molecule has 37 heavy (non-hydrogen) atoms. The molecule has 1 N–H and O–H groups in total. The number of rotatable bonds is 9. The zero-order valence-corrected chi connectivity index (χ0v) is 21.5. The van der Waals surface area contributed by atoms with Crippen molar-refractivity contribution in [3.8, 4) is 17.2 Å². The van der Waals surface area contributed by atoms with Crippen molar-refractivity contribution in [1.29, 1.82) is 0 Å². The lowest BCUT2D eigenvalue weighted by Gasteiger charge is -2.27. The first-order valence-electron chi connectivity index (χ1n) is 12.3. The summed E-state index contributed by atoms with van der Waals surface area (Å²) in [5, 5.41) is 11.3. The number of carbonyl (C=O) groups is 2. The van der Waals surface area contributed by atoms with E-state index in [1.807, 2.05) is 81.4 Å². The van der Waals surface area contributed by atoms with Crippen LogP contribution in [0.3, 0.4) is 0 Å². The third-order valence-electron chi connectivity index (χ3n) is 5.98. The summed E-state index contributed by atoms with van der Waals surface area (Å²) in [6.45, 7) is 4.74. The molecule has 0 radical (unpaired) electrons. The second-order valence-corrected chi connectivity index (χ2v) is 9.47. The zero-order chi connectivity index (χ0) is 26.5. The Bertz CT molecular complexity index is 1280. The van der Waals surface area contributed by atoms with Gasteiger partial charge in [0.15, 0.2) is 0 Å². The Kier molecular flexibility index (Phi) is 7.94. The van der Waals surface area contributed by atoms with E-state index in [-0.39, 0.29) is 17.4 Å². The minimum atomic E-state index is -0.758.